The molecule has 0 unspecified atom stereocenters. The van der Waals surface area contributed by atoms with Crippen molar-refractivity contribution in [1.29, 1.82) is 0 Å². The van der Waals surface area contributed by atoms with Gasteiger partial charge in [-0.25, -0.2) is 0 Å². The van der Waals surface area contributed by atoms with Crippen molar-refractivity contribution in [2.75, 3.05) is 0 Å². The number of allylic oxidation sites excluding steroid dienone is 1. The van der Waals surface area contributed by atoms with Gasteiger partial charge in [0.1, 0.15) is 0 Å². The topological polar surface area (TPSA) is 54.4 Å². The molecule has 0 atom stereocenters. The lowest BCUT2D eigenvalue weighted by Crippen LogP contribution is -2.18. The SMILES string of the molecule is C=CCc1cc(C)cc([Si])c1S(=O)(=O)O. The van der Waals surface area contributed by atoms with Crippen LogP contribution in [-0.4, -0.2) is 23.2 Å². The molecule has 0 aliphatic rings. The molecular weight excluding hydrogens is 228 g/mol. The predicted molar refractivity (Wildman–Crippen MR) is 60.3 cm³/mol. The second kappa shape index (κ2) is 4.30. The van der Waals surface area contributed by atoms with Gasteiger partial charge >= 0.3 is 0 Å². The summed E-state index contributed by atoms with van der Waals surface area (Å²) in [6, 6.07) is 3.36. The molecule has 0 spiro atoms. The second-order valence-electron chi connectivity index (χ2n) is 3.27. The van der Waals surface area contributed by atoms with E-state index in [1.807, 2.05) is 6.92 Å². The summed E-state index contributed by atoms with van der Waals surface area (Å²) in [5, 5.41) is 0.370. The fourth-order valence-electron chi connectivity index (χ4n) is 1.46. The van der Waals surface area contributed by atoms with E-state index < -0.39 is 10.1 Å². The summed E-state index contributed by atoms with van der Waals surface area (Å²) in [4.78, 5) is -0.0790. The minimum atomic E-state index is -4.20. The van der Waals surface area contributed by atoms with E-state index in [4.69, 9.17) is 4.55 Å². The molecule has 0 aliphatic carbocycles. The van der Waals surface area contributed by atoms with Gasteiger partial charge in [-0.15, -0.1) is 6.58 Å². The van der Waals surface area contributed by atoms with Crippen molar-refractivity contribution in [3.63, 3.8) is 0 Å². The van der Waals surface area contributed by atoms with Crippen LogP contribution in [0.1, 0.15) is 11.1 Å². The largest absolute Gasteiger partial charge is 0.294 e. The van der Waals surface area contributed by atoms with Crippen molar-refractivity contribution in [1.82, 2.24) is 0 Å². The van der Waals surface area contributed by atoms with E-state index in [1.54, 1.807) is 18.2 Å². The molecule has 79 valence electrons. The Balaban J connectivity index is 3.54. The van der Waals surface area contributed by atoms with Gasteiger partial charge in [0, 0.05) is 0 Å². The zero-order valence-electron chi connectivity index (χ0n) is 8.32. The maximum Gasteiger partial charge on any atom is 0.294 e. The first-order chi connectivity index (χ1) is 6.86. The van der Waals surface area contributed by atoms with Crippen LogP contribution in [0.5, 0.6) is 0 Å². The first-order valence-corrected chi connectivity index (χ1v) is 6.23. The Hall–Kier alpha value is -0.913. The molecule has 0 bridgehead atoms. The highest BCUT2D eigenvalue weighted by molar-refractivity contribution is 7.86. The fraction of sp³-hybridized carbons (Fsp3) is 0.200. The maximum atomic E-state index is 11.2. The number of rotatable bonds is 3. The average Bonchev–Trinajstić information content (AvgIpc) is 1.99. The lowest BCUT2D eigenvalue weighted by atomic mass is 10.1. The van der Waals surface area contributed by atoms with Crippen LogP contribution >= 0.6 is 0 Å². The third-order valence-electron chi connectivity index (χ3n) is 1.93. The summed E-state index contributed by atoms with van der Waals surface area (Å²) in [5.74, 6) is 0. The molecule has 1 rings (SSSR count). The summed E-state index contributed by atoms with van der Waals surface area (Å²) in [7, 11) is -1.02. The number of hydrogen-bond donors (Lipinski definition) is 1. The second-order valence-corrected chi connectivity index (χ2v) is 5.17. The summed E-state index contributed by atoms with van der Waals surface area (Å²) in [6.07, 6.45) is 1.99. The molecule has 0 fully saturated rings. The molecule has 3 radical (unpaired) electrons. The van der Waals surface area contributed by atoms with Crippen molar-refractivity contribution in [3.8, 4) is 0 Å². The first kappa shape index (κ1) is 12.2. The molecule has 15 heavy (non-hydrogen) atoms. The van der Waals surface area contributed by atoms with Crippen LogP contribution in [0, 0.1) is 6.92 Å². The zero-order valence-corrected chi connectivity index (χ0v) is 10.1. The van der Waals surface area contributed by atoms with E-state index in [1.165, 1.54) is 0 Å². The first-order valence-electron chi connectivity index (χ1n) is 4.29. The number of hydrogen-bond acceptors (Lipinski definition) is 2. The maximum absolute atomic E-state index is 11.2. The summed E-state index contributed by atoms with van der Waals surface area (Å²) >= 11 is 0. The van der Waals surface area contributed by atoms with Crippen LogP contribution in [0.3, 0.4) is 0 Å². The van der Waals surface area contributed by atoms with Gasteiger partial charge in [0.15, 0.2) is 0 Å². The lowest BCUT2D eigenvalue weighted by molar-refractivity contribution is 0.483. The molecule has 5 heteroatoms. The minimum Gasteiger partial charge on any atom is -0.282 e. The predicted octanol–water partition coefficient (Wildman–Crippen LogP) is 0.764. The van der Waals surface area contributed by atoms with Gasteiger partial charge in [0.25, 0.3) is 10.1 Å². The van der Waals surface area contributed by atoms with E-state index in [-0.39, 0.29) is 4.90 Å². The van der Waals surface area contributed by atoms with Gasteiger partial charge in [-0.2, -0.15) is 8.42 Å². The van der Waals surface area contributed by atoms with E-state index in [0.29, 0.717) is 17.2 Å². The van der Waals surface area contributed by atoms with Crippen molar-refractivity contribution in [3.05, 3.63) is 35.9 Å². The molecule has 1 aromatic carbocycles. The van der Waals surface area contributed by atoms with Gasteiger partial charge in [-0.3, -0.25) is 4.55 Å². The van der Waals surface area contributed by atoms with Crippen LogP contribution in [0.15, 0.2) is 29.7 Å². The Bertz CT molecular complexity index is 492. The monoisotopic (exact) mass is 239 g/mol. The molecule has 0 saturated heterocycles. The Morgan fingerprint density at radius 2 is 2.13 bits per heavy atom. The highest BCUT2D eigenvalue weighted by Gasteiger charge is 2.17. The van der Waals surface area contributed by atoms with Crippen LogP contribution in [0.25, 0.3) is 0 Å². The Morgan fingerprint density at radius 1 is 1.53 bits per heavy atom. The van der Waals surface area contributed by atoms with Crippen molar-refractivity contribution in [2.24, 2.45) is 0 Å². The van der Waals surface area contributed by atoms with Crippen LogP contribution in [0.4, 0.5) is 0 Å². The van der Waals surface area contributed by atoms with E-state index in [0.717, 1.165) is 5.56 Å². The Labute approximate surface area is 93.0 Å². The quantitative estimate of drug-likeness (QED) is 0.481. The standard InChI is InChI=1S/C10H11O3SSi/c1-3-4-8-5-7(2)6-9(15)10(8)14(11,12)13/h3,5-6H,1,4H2,2H3,(H,11,12,13). The van der Waals surface area contributed by atoms with E-state index in [2.05, 4.69) is 16.8 Å². The molecule has 0 aromatic heterocycles. The van der Waals surface area contributed by atoms with Crippen molar-refractivity contribution >= 4 is 25.5 Å². The molecule has 0 amide bonds. The summed E-state index contributed by atoms with van der Waals surface area (Å²) < 4.78 is 31.4. The molecule has 0 heterocycles. The van der Waals surface area contributed by atoms with E-state index >= 15 is 0 Å². The average molecular weight is 239 g/mol. The van der Waals surface area contributed by atoms with Gasteiger partial charge in [-0.1, -0.05) is 23.8 Å². The number of aryl methyl sites for hydroxylation is 1. The van der Waals surface area contributed by atoms with Gasteiger partial charge in [-0.05, 0) is 24.1 Å². The number of benzene rings is 1. The van der Waals surface area contributed by atoms with Crippen molar-refractivity contribution in [2.45, 2.75) is 18.2 Å². The molecule has 0 aliphatic heterocycles. The third kappa shape index (κ3) is 2.77. The Morgan fingerprint density at radius 3 is 2.60 bits per heavy atom. The van der Waals surface area contributed by atoms with Gasteiger partial charge in [0.05, 0.1) is 15.1 Å². The Kier molecular flexibility index (Phi) is 3.49. The van der Waals surface area contributed by atoms with Gasteiger partial charge in [0.2, 0.25) is 0 Å². The molecule has 1 aromatic rings. The summed E-state index contributed by atoms with van der Waals surface area (Å²) in [6.45, 7) is 5.40. The smallest absolute Gasteiger partial charge is 0.282 e. The van der Waals surface area contributed by atoms with Crippen LogP contribution in [-0.2, 0) is 16.5 Å². The molecule has 1 N–H and O–H groups in total. The highest BCUT2D eigenvalue weighted by Crippen LogP contribution is 2.15. The van der Waals surface area contributed by atoms with E-state index in [9.17, 15) is 8.42 Å². The highest BCUT2D eigenvalue weighted by atomic mass is 32.2. The van der Waals surface area contributed by atoms with Crippen LogP contribution < -0.4 is 5.19 Å². The molecular formula is C10H11O3SSi. The molecule has 0 saturated carbocycles. The third-order valence-corrected chi connectivity index (χ3v) is 3.51. The van der Waals surface area contributed by atoms with Crippen molar-refractivity contribution < 1.29 is 13.0 Å². The fourth-order valence-corrected chi connectivity index (χ4v) is 3.05. The van der Waals surface area contributed by atoms with Crippen LogP contribution in [0.2, 0.25) is 0 Å². The normalized spacial score (nSPS) is 11.4. The minimum absolute atomic E-state index is 0.0790. The zero-order chi connectivity index (χ0) is 11.6. The lowest BCUT2D eigenvalue weighted by Gasteiger charge is -2.09. The summed E-state index contributed by atoms with van der Waals surface area (Å²) in [5.41, 5.74) is 1.46. The van der Waals surface area contributed by atoms with Gasteiger partial charge < -0.3 is 0 Å². The molecule has 3 nitrogen and oxygen atoms in total.